The van der Waals surface area contributed by atoms with E-state index >= 15 is 0 Å². The predicted octanol–water partition coefficient (Wildman–Crippen LogP) is 4.02. The second-order valence-corrected chi connectivity index (χ2v) is 6.90. The molecule has 3 rings (SSSR count). The Labute approximate surface area is 123 Å². The number of halogens is 1. The van der Waals surface area contributed by atoms with Crippen molar-refractivity contribution in [2.45, 2.75) is 25.7 Å². The van der Waals surface area contributed by atoms with E-state index in [2.05, 4.69) is 35.0 Å². The van der Waals surface area contributed by atoms with Crippen LogP contribution in [0.15, 0.2) is 18.2 Å². The van der Waals surface area contributed by atoms with Gasteiger partial charge >= 0.3 is 0 Å². The first-order chi connectivity index (χ1) is 9.26. The van der Waals surface area contributed by atoms with Crippen LogP contribution < -0.4 is 0 Å². The van der Waals surface area contributed by atoms with E-state index in [1.807, 2.05) is 0 Å². The molecule has 0 spiro atoms. The van der Waals surface area contributed by atoms with Crippen LogP contribution in [0, 0.1) is 6.92 Å². The predicted molar refractivity (Wildman–Crippen MR) is 83.5 cm³/mol. The van der Waals surface area contributed by atoms with Gasteiger partial charge in [-0.05, 0) is 56.5 Å². The molecule has 0 aliphatic carbocycles. The van der Waals surface area contributed by atoms with Crippen molar-refractivity contribution in [2.24, 2.45) is 0 Å². The lowest BCUT2D eigenvalue weighted by molar-refractivity contribution is 0.336. The van der Waals surface area contributed by atoms with Crippen molar-refractivity contribution in [3.8, 4) is 0 Å². The molecule has 1 aromatic heterocycles. The lowest BCUT2D eigenvalue weighted by Crippen LogP contribution is -2.21. The fraction of sp³-hybridized carbons (Fsp3) is 0.533. The van der Waals surface area contributed by atoms with Crippen LogP contribution in [0.3, 0.4) is 0 Å². The van der Waals surface area contributed by atoms with Gasteiger partial charge in [-0.3, -0.25) is 0 Å². The van der Waals surface area contributed by atoms with Gasteiger partial charge in [-0.25, -0.2) is 4.98 Å². The lowest BCUT2D eigenvalue weighted by Gasteiger charge is -2.15. The summed E-state index contributed by atoms with van der Waals surface area (Å²) in [5.41, 5.74) is 2.62. The number of rotatable bonds is 4. The van der Waals surface area contributed by atoms with Crippen molar-refractivity contribution in [2.75, 3.05) is 25.5 Å². The van der Waals surface area contributed by atoms with E-state index in [4.69, 9.17) is 11.6 Å². The van der Waals surface area contributed by atoms with Crippen molar-refractivity contribution in [3.63, 3.8) is 0 Å². The van der Waals surface area contributed by atoms with Crippen LogP contribution in [0.5, 0.6) is 0 Å². The van der Waals surface area contributed by atoms with Gasteiger partial charge in [0.05, 0.1) is 15.2 Å². The summed E-state index contributed by atoms with van der Waals surface area (Å²) >= 11 is 7.55. The molecule has 4 heteroatoms. The Morgan fingerprint density at radius 2 is 2.37 bits per heavy atom. The van der Waals surface area contributed by atoms with E-state index in [-0.39, 0.29) is 0 Å². The first-order valence-electron chi connectivity index (χ1n) is 6.91. The normalized spacial score (nSPS) is 20.4. The Morgan fingerprint density at radius 3 is 3.21 bits per heavy atom. The number of aryl methyl sites for hydroxylation is 1. The van der Waals surface area contributed by atoms with Gasteiger partial charge in [-0.2, -0.15) is 0 Å². The maximum Gasteiger partial charge on any atom is 0.0907 e. The molecule has 0 bridgehead atoms. The smallest absolute Gasteiger partial charge is 0.0907 e. The number of aromatic nitrogens is 1. The van der Waals surface area contributed by atoms with E-state index in [1.165, 1.54) is 35.3 Å². The summed E-state index contributed by atoms with van der Waals surface area (Å²) in [6, 6.07) is 6.81. The summed E-state index contributed by atoms with van der Waals surface area (Å²) in [5.74, 6) is 1.44. The van der Waals surface area contributed by atoms with E-state index in [0.717, 1.165) is 23.9 Å². The summed E-state index contributed by atoms with van der Waals surface area (Å²) in [7, 11) is 0. The van der Waals surface area contributed by atoms with Gasteiger partial charge in [0.2, 0.25) is 0 Å². The molecule has 1 unspecified atom stereocenters. The number of hydrogen-bond donors (Lipinski definition) is 0. The van der Waals surface area contributed by atoms with Crippen LogP contribution in [0.25, 0.3) is 10.2 Å². The molecule has 0 N–H and O–H groups in total. The van der Waals surface area contributed by atoms with E-state index in [1.54, 1.807) is 11.3 Å². The molecule has 2 nitrogen and oxygen atoms in total. The summed E-state index contributed by atoms with van der Waals surface area (Å²) in [4.78, 5) is 7.13. The standard InChI is InChI=1S/C15H19ClN2S/c1-11-17-14-9-12(3-4-15(14)19-11)13-5-8-18(10-13)7-2-6-16/h3-4,9,13H,2,5-8,10H2,1H3. The Bertz CT molecular complexity index is 566. The second-order valence-electron chi connectivity index (χ2n) is 5.29. The molecule has 2 heterocycles. The highest BCUT2D eigenvalue weighted by Gasteiger charge is 2.23. The molecule has 2 aromatic rings. The zero-order chi connectivity index (χ0) is 13.2. The van der Waals surface area contributed by atoms with Gasteiger partial charge in [-0.1, -0.05) is 6.07 Å². The summed E-state index contributed by atoms with van der Waals surface area (Å²) in [6.07, 6.45) is 2.36. The van der Waals surface area contributed by atoms with Crippen molar-refractivity contribution >= 4 is 33.2 Å². The Morgan fingerprint density at radius 1 is 1.47 bits per heavy atom. The first kappa shape index (κ1) is 13.3. The third-order valence-electron chi connectivity index (χ3n) is 3.87. The highest BCUT2D eigenvalue weighted by molar-refractivity contribution is 7.18. The molecule has 1 aromatic carbocycles. The quantitative estimate of drug-likeness (QED) is 0.792. The van der Waals surface area contributed by atoms with Crippen LogP contribution >= 0.6 is 22.9 Å². The molecular formula is C15H19ClN2S. The Hall–Kier alpha value is -0.640. The number of alkyl halides is 1. The Kier molecular flexibility index (Phi) is 4.06. The molecule has 0 saturated carbocycles. The lowest BCUT2D eigenvalue weighted by atomic mass is 9.98. The largest absolute Gasteiger partial charge is 0.303 e. The zero-order valence-electron chi connectivity index (χ0n) is 11.2. The maximum atomic E-state index is 5.77. The minimum Gasteiger partial charge on any atom is -0.303 e. The Balaban J connectivity index is 1.74. The summed E-state index contributed by atoms with van der Waals surface area (Å²) in [5, 5.41) is 1.15. The topological polar surface area (TPSA) is 16.1 Å². The molecule has 1 atom stereocenters. The first-order valence-corrected chi connectivity index (χ1v) is 8.27. The summed E-state index contributed by atoms with van der Waals surface area (Å²) < 4.78 is 1.30. The van der Waals surface area contributed by atoms with E-state index in [0.29, 0.717) is 5.92 Å². The number of likely N-dealkylation sites (tertiary alicyclic amines) is 1. The number of thiazole rings is 1. The van der Waals surface area contributed by atoms with Crippen molar-refractivity contribution in [3.05, 3.63) is 28.8 Å². The molecular weight excluding hydrogens is 276 g/mol. The molecule has 102 valence electrons. The van der Waals surface area contributed by atoms with Gasteiger partial charge < -0.3 is 4.90 Å². The van der Waals surface area contributed by atoms with Crippen LogP contribution in [-0.2, 0) is 0 Å². The van der Waals surface area contributed by atoms with Gasteiger partial charge in [-0.15, -0.1) is 22.9 Å². The molecule has 1 saturated heterocycles. The van der Waals surface area contributed by atoms with Gasteiger partial charge in [0.1, 0.15) is 0 Å². The highest BCUT2D eigenvalue weighted by atomic mass is 35.5. The second kappa shape index (κ2) is 5.78. The number of fused-ring (bicyclic) bond motifs is 1. The molecule has 19 heavy (non-hydrogen) atoms. The SMILES string of the molecule is Cc1nc2cc(C3CCN(CCCCl)C3)ccc2s1. The van der Waals surface area contributed by atoms with E-state index < -0.39 is 0 Å². The molecule has 0 radical (unpaired) electrons. The number of nitrogens with zero attached hydrogens (tertiary/aromatic N) is 2. The van der Waals surface area contributed by atoms with E-state index in [9.17, 15) is 0 Å². The maximum absolute atomic E-state index is 5.77. The van der Waals surface area contributed by atoms with Gasteiger partial charge in [0, 0.05) is 12.4 Å². The molecule has 0 amide bonds. The van der Waals surface area contributed by atoms with Gasteiger partial charge in [0.25, 0.3) is 0 Å². The average molecular weight is 295 g/mol. The van der Waals surface area contributed by atoms with Crippen molar-refractivity contribution in [1.82, 2.24) is 9.88 Å². The van der Waals surface area contributed by atoms with Crippen LogP contribution in [-0.4, -0.2) is 35.4 Å². The molecule has 1 aliphatic rings. The fourth-order valence-electron chi connectivity index (χ4n) is 2.90. The zero-order valence-corrected chi connectivity index (χ0v) is 12.8. The third-order valence-corrected chi connectivity index (χ3v) is 5.09. The summed E-state index contributed by atoms with van der Waals surface area (Å²) in [6.45, 7) is 5.59. The highest BCUT2D eigenvalue weighted by Crippen LogP contribution is 2.31. The monoisotopic (exact) mass is 294 g/mol. The third kappa shape index (κ3) is 2.93. The molecule has 1 aliphatic heterocycles. The minimum atomic E-state index is 0.668. The fourth-order valence-corrected chi connectivity index (χ4v) is 3.83. The van der Waals surface area contributed by atoms with Crippen LogP contribution in [0.2, 0.25) is 0 Å². The molecule has 1 fully saturated rings. The minimum absolute atomic E-state index is 0.668. The van der Waals surface area contributed by atoms with Crippen LogP contribution in [0.4, 0.5) is 0 Å². The van der Waals surface area contributed by atoms with Crippen molar-refractivity contribution < 1.29 is 0 Å². The number of benzene rings is 1. The van der Waals surface area contributed by atoms with Crippen molar-refractivity contribution in [1.29, 1.82) is 0 Å². The number of hydrogen-bond acceptors (Lipinski definition) is 3. The van der Waals surface area contributed by atoms with Gasteiger partial charge in [0.15, 0.2) is 0 Å². The van der Waals surface area contributed by atoms with Crippen LogP contribution in [0.1, 0.15) is 29.3 Å². The average Bonchev–Trinajstić information content (AvgIpc) is 3.00.